The van der Waals surface area contributed by atoms with Gasteiger partial charge in [-0.25, -0.2) is 22.0 Å². The number of primary sulfonamides is 1. The molecule has 0 atom stereocenters. The summed E-state index contributed by atoms with van der Waals surface area (Å²) < 4.78 is 54.1. The maximum Gasteiger partial charge on any atom is 0.238 e. The standard InChI is InChI=1S/C16H20N4O5S3/c1-25-14-6-2-12(3-7-14)19-16(26)18-10-11-27(21,22)20-13-4-8-15(9-5-13)28(17,23)24/h2-9,20H,10-11H2,1H3,(H2,17,23,24)(H2,18,19,26). The molecule has 2 rings (SSSR count). The number of nitrogens with two attached hydrogens (primary N) is 1. The van der Waals surface area contributed by atoms with Gasteiger partial charge < -0.3 is 15.4 Å². The second-order valence-corrected chi connectivity index (χ2v) is 9.41. The van der Waals surface area contributed by atoms with Crippen molar-refractivity contribution in [1.82, 2.24) is 5.32 Å². The summed E-state index contributed by atoms with van der Waals surface area (Å²) in [5.74, 6) is 0.465. The topological polar surface area (TPSA) is 140 Å². The summed E-state index contributed by atoms with van der Waals surface area (Å²) in [6, 6.07) is 12.2. The van der Waals surface area contributed by atoms with E-state index in [4.69, 9.17) is 22.1 Å². The molecule has 0 aromatic heterocycles. The van der Waals surface area contributed by atoms with Gasteiger partial charge in [-0.3, -0.25) is 4.72 Å². The number of anilines is 2. The van der Waals surface area contributed by atoms with Gasteiger partial charge in [0.1, 0.15) is 5.75 Å². The molecule has 152 valence electrons. The van der Waals surface area contributed by atoms with Crippen molar-refractivity contribution in [3.63, 3.8) is 0 Å². The Balaban J connectivity index is 1.83. The lowest BCUT2D eigenvalue weighted by Crippen LogP contribution is -2.34. The zero-order valence-corrected chi connectivity index (χ0v) is 17.3. The average Bonchev–Trinajstić information content (AvgIpc) is 2.61. The van der Waals surface area contributed by atoms with E-state index in [1.54, 1.807) is 31.4 Å². The normalized spacial score (nSPS) is 11.5. The van der Waals surface area contributed by atoms with Gasteiger partial charge >= 0.3 is 0 Å². The van der Waals surface area contributed by atoms with Gasteiger partial charge in [0.25, 0.3) is 0 Å². The summed E-state index contributed by atoms with van der Waals surface area (Å²) in [6.45, 7) is 0.0760. The molecule has 28 heavy (non-hydrogen) atoms. The molecule has 12 heteroatoms. The van der Waals surface area contributed by atoms with E-state index in [2.05, 4.69) is 15.4 Å². The Morgan fingerprint density at radius 3 is 2.11 bits per heavy atom. The first-order valence-electron chi connectivity index (χ1n) is 7.91. The van der Waals surface area contributed by atoms with Crippen LogP contribution in [-0.2, 0) is 20.0 Å². The Labute approximate surface area is 169 Å². The number of rotatable bonds is 8. The SMILES string of the molecule is COc1ccc(NC(=S)NCCS(=O)(=O)Nc2ccc(S(N)(=O)=O)cc2)cc1. The highest BCUT2D eigenvalue weighted by Crippen LogP contribution is 2.15. The van der Waals surface area contributed by atoms with Crippen LogP contribution >= 0.6 is 12.2 Å². The Hall–Kier alpha value is -2.41. The van der Waals surface area contributed by atoms with Gasteiger partial charge in [-0.15, -0.1) is 0 Å². The lowest BCUT2D eigenvalue weighted by atomic mass is 10.3. The van der Waals surface area contributed by atoms with Crippen molar-refractivity contribution in [2.75, 3.05) is 29.4 Å². The monoisotopic (exact) mass is 444 g/mol. The number of nitrogens with one attached hydrogen (secondary N) is 3. The van der Waals surface area contributed by atoms with Crippen LogP contribution in [0.25, 0.3) is 0 Å². The summed E-state index contributed by atoms with van der Waals surface area (Å²) in [4.78, 5) is -0.105. The third kappa shape index (κ3) is 6.96. The maximum absolute atomic E-state index is 12.1. The maximum atomic E-state index is 12.1. The van der Waals surface area contributed by atoms with Crippen molar-refractivity contribution >= 4 is 48.8 Å². The van der Waals surface area contributed by atoms with E-state index in [0.29, 0.717) is 5.75 Å². The fourth-order valence-corrected chi connectivity index (χ4v) is 3.80. The first-order valence-corrected chi connectivity index (χ1v) is 11.5. The Kier molecular flexibility index (Phi) is 7.18. The van der Waals surface area contributed by atoms with Crippen LogP contribution in [0.15, 0.2) is 53.4 Å². The fraction of sp³-hybridized carbons (Fsp3) is 0.188. The molecule has 0 heterocycles. The summed E-state index contributed by atoms with van der Waals surface area (Å²) in [5, 5.41) is 11.0. The van der Waals surface area contributed by atoms with Gasteiger partial charge in [0.05, 0.1) is 17.8 Å². The number of hydrogen-bond donors (Lipinski definition) is 4. The quantitative estimate of drug-likeness (QED) is 0.443. The van der Waals surface area contributed by atoms with Crippen LogP contribution in [0.1, 0.15) is 0 Å². The van der Waals surface area contributed by atoms with E-state index in [9.17, 15) is 16.8 Å². The van der Waals surface area contributed by atoms with Crippen LogP contribution < -0.4 is 25.2 Å². The molecule has 0 radical (unpaired) electrons. The highest BCUT2D eigenvalue weighted by molar-refractivity contribution is 7.92. The Morgan fingerprint density at radius 2 is 1.57 bits per heavy atom. The third-order valence-electron chi connectivity index (χ3n) is 3.46. The second-order valence-electron chi connectivity index (χ2n) is 5.60. The molecule has 0 fully saturated rings. The number of ether oxygens (including phenoxy) is 1. The predicted molar refractivity (Wildman–Crippen MR) is 112 cm³/mol. The van der Waals surface area contributed by atoms with E-state index in [1.165, 1.54) is 24.3 Å². The van der Waals surface area contributed by atoms with Crippen molar-refractivity contribution in [3.05, 3.63) is 48.5 Å². The lowest BCUT2D eigenvalue weighted by Gasteiger charge is -2.12. The van der Waals surface area contributed by atoms with Crippen molar-refractivity contribution in [1.29, 1.82) is 0 Å². The largest absolute Gasteiger partial charge is 0.497 e. The first kappa shape index (κ1) is 21.9. The minimum atomic E-state index is -3.83. The van der Waals surface area contributed by atoms with Crippen LogP contribution in [0.3, 0.4) is 0 Å². The number of sulfonamides is 2. The molecule has 0 spiro atoms. The molecular formula is C16H20N4O5S3. The minimum absolute atomic E-state index is 0.0760. The third-order valence-corrected chi connectivity index (χ3v) is 5.92. The van der Waals surface area contributed by atoms with E-state index in [-0.39, 0.29) is 28.0 Å². The van der Waals surface area contributed by atoms with Crippen LogP contribution in [0.2, 0.25) is 0 Å². The molecule has 0 saturated heterocycles. The minimum Gasteiger partial charge on any atom is -0.497 e. The highest BCUT2D eigenvalue weighted by Gasteiger charge is 2.12. The summed E-state index contributed by atoms with van der Waals surface area (Å²) >= 11 is 5.13. The smallest absolute Gasteiger partial charge is 0.238 e. The molecule has 0 saturated carbocycles. The van der Waals surface area contributed by atoms with Gasteiger partial charge in [-0.05, 0) is 60.7 Å². The van der Waals surface area contributed by atoms with E-state index in [0.717, 1.165) is 5.69 Å². The predicted octanol–water partition coefficient (Wildman–Crippen LogP) is 1.07. The number of methoxy groups -OCH3 is 1. The number of hydrogen-bond acceptors (Lipinski definition) is 6. The average molecular weight is 445 g/mol. The van der Waals surface area contributed by atoms with Gasteiger partial charge in [0.2, 0.25) is 20.0 Å². The zero-order chi connectivity index (χ0) is 20.8. The Morgan fingerprint density at radius 1 is 1.00 bits per heavy atom. The molecule has 0 aliphatic carbocycles. The molecule has 0 bridgehead atoms. The summed E-state index contributed by atoms with van der Waals surface area (Å²) in [5.41, 5.74) is 0.959. The highest BCUT2D eigenvalue weighted by atomic mass is 32.2. The molecular weight excluding hydrogens is 424 g/mol. The lowest BCUT2D eigenvalue weighted by molar-refractivity contribution is 0.415. The van der Waals surface area contributed by atoms with E-state index >= 15 is 0 Å². The van der Waals surface area contributed by atoms with Gasteiger partial charge in [0.15, 0.2) is 5.11 Å². The van der Waals surface area contributed by atoms with Crippen LogP contribution in [0.4, 0.5) is 11.4 Å². The summed E-state index contributed by atoms with van der Waals surface area (Å²) in [6.07, 6.45) is 0. The molecule has 0 unspecified atom stereocenters. The Bertz CT molecular complexity index is 1020. The number of thiocarbonyl (C=S) groups is 1. The number of benzene rings is 2. The molecule has 0 aliphatic heterocycles. The van der Waals surface area contributed by atoms with Gasteiger partial charge in [0, 0.05) is 17.9 Å². The second kappa shape index (κ2) is 9.19. The molecule has 5 N–H and O–H groups in total. The van der Waals surface area contributed by atoms with Crippen LogP contribution in [0, 0.1) is 0 Å². The molecule has 9 nitrogen and oxygen atoms in total. The van der Waals surface area contributed by atoms with Crippen molar-refractivity contribution < 1.29 is 21.6 Å². The van der Waals surface area contributed by atoms with Crippen LogP contribution in [-0.4, -0.2) is 41.4 Å². The fourth-order valence-electron chi connectivity index (χ4n) is 2.09. The van der Waals surface area contributed by atoms with Gasteiger partial charge in [-0.1, -0.05) is 0 Å². The van der Waals surface area contributed by atoms with Crippen molar-refractivity contribution in [2.24, 2.45) is 5.14 Å². The summed E-state index contributed by atoms with van der Waals surface area (Å²) in [7, 11) is -5.92. The van der Waals surface area contributed by atoms with Crippen molar-refractivity contribution in [2.45, 2.75) is 4.90 Å². The molecule has 2 aromatic rings. The van der Waals surface area contributed by atoms with Crippen LogP contribution in [0.5, 0.6) is 5.75 Å². The van der Waals surface area contributed by atoms with Crippen molar-refractivity contribution in [3.8, 4) is 5.75 Å². The molecule has 0 aliphatic rings. The zero-order valence-electron chi connectivity index (χ0n) is 14.9. The van der Waals surface area contributed by atoms with E-state index in [1.807, 2.05) is 0 Å². The van der Waals surface area contributed by atoms with Gasteiger partial charge in [-0.2, -0.15) is 0 Å². The molecule has 2 aromatic carbocycles. The molecule has 0 amide bonds. The first-order chi connectivity index (χ1) is 13.1. The van der Waals surface area contributed by atoms with E-state index < -0.39 is 20.0 Å².